The summed E-state index contributed by atoms with van der Waals surface area (Å²) in [6.45, 7) is 2.50. The van der Waals surface area contributed by atoms with Crippen molar-refractivity contribution in [3.05, 3.63) is 41.8 Å². The highest BCUT2D eigenvalue weighted by Gasteiger charge is 2.32. The Bertz CT molecular complexity index is 596. The number of carbonyl (C=O) groups is 1. The smallest absolute Gasteiger partial charge is 0.254 e. The topological polar surface area (TPSA) is 72.1 Å². The molecule has 20 heavy (non-hydrogen) atoms. The van der Waals surface area contributed by atoms with E-state index in [9.17, 15) is 4.79 Å². The van der Waals surface area contributed by atoms with Gasteiger partial charge in [0, 0.05) is 24.5 Å². The lowest BCUT2D eigenvalue weighted by molar-refractivity contribution is 0.0561. The summed E-state index contributed by atoms with van der Waals surface area (Å²) in [4.78, 5) is 22.6. The van der Waals surface area contributed by atoms with Crippen LogP contribution in [0.15, 0.2) is 29.0 Å². The van der Waals surface area contributed by atoms with Crippen LogP contribution in [0.3, 0.4) is 0 Å². The standard InChI is InChI=1S/C14H16N4O2/c1-10-16-13(20-17-10)12-4-2-3-9-18(12)14(19)11-5-7-15-8-6-11/h5-8,12H,2-4,9H2,1H3/t12-/m0/s1. The number of piperidine rings is 1. The Balaban J connectivity index is 1.87. The molecule has 3 heterocycles. The molecule has 3 rings (SSSR count). The van der Waals surface area contributed by atoms with E-state index >= 15 is 0 Å². The number of aryl methyl sites for hydroxylation is 1. The second kappa shape index (κ2) is 5.40. The van der Waals surface area contributed by atoms with Crippen molar-refractivity contribution in [1.29, 1.82) is 0 Å². The van der Waals surface area contributed by atoms with Crippen molar-refractivity contribution < 1.29 is 9.32 Å². The summed E-state index contributed by atoms with van der Waals surface area (Å²) in [5.41, 5.74) is 0.642. The number of amides is 1. The quantitative estimate of drug-likeness (QED) is 0.837. The Kier molecular flexibility index (Phi) is 3.45. The molecule has 1 amide bonds. The lowest BCUT2D eigenvalue weighted by Crippen LogP contribution is -2.38. The van der Waals surface area contributed by atoms with Crippen molar-refractivity contribution >= 4 is 5.91 Å². The molecule has 1 aliphatic rings. The van der Waals surface area contributed by atoms with Gasteiger partial charge in [-0.2, -0.15) is 4.98 Å². The summed E-state index contributed by atoms with van der Waals surface area (Å²) in [6, 6.07) is 3.34. The van der Waals surface area contributed by atoms with E-state index in [0.717, 1.165) is 19.3 Å². The third kappa shape index (κ3) is 2.41. The second-order valence-corrected chi connectivity index (χ2v) is 4.93. The molecule has 1 aliphatic heterocycles. The number of likely N-dealkylation sites (tertiary alicyclic amines) is 1. The number of aromatic nitrogens is 3. The van der Waals surface area contributed by atoms with Gasteiger partial charge in [-0.25, -0.2) is 0 Å². The highest BCUT2D eigenvalue weighted by molar-refractivity contribution is 5.94. The molecule has 104 valence electrons. The van der Waals surface area contributed by atoms with Crippen LogP contribution in [-0.4, -0.2) is 32.5 Å². The number of carbonyl (C=O) groups excluding carboxylic acids is 1. The fourth-order valence-electron chi connectivity index (χ4n) is 2.54. The fourth-order valence-corrected chi connectivity index (χ4v) is 2.54. The van der Waals surface area contributed by atoms with Crippen LogP contribution in [0.5, 0.6) is 0 Å². The zero-order valence-electron chi connectivity index (χ0n) is 11.3. The first-order valence-electron chi connectivity index (χ1n) is 6.77. The Morgan fingerprint density at radius 3 is 2.85 bits per heavy atom. The molecule has 0 aromatic carbocycles. The summed E-state index contributed by atoms with van der Waals surface area (Å²) in [6.07, 6.45) is 6.18. The molecule has 6 nitrogen and oxygen atoms in total. The lowest BCUT2D eigenvalue weighted by Gasteiger charge is -2.33. The first kappa shape index (κ1) is 12.8. The monoisotopic (exact) mass is 272 g/mol. The highest BCUT2D eigenvalue weighted by Crippen LogP contribution is 2.31. The Morgan fingerprint density at radius 2 is 2.15 bits per heavy atom. The molecule has 0 unspecified atom stereocenters. The molecule has 0 radical (unpaired) electrons. The van der Waals surface area contributed by atoms with Crippen molar-refractivity contribution in [2.75, 3.05) is 6.54 Å². The van der Waals surface area contributed by atoms with Gasteiger partial charge in [-0.05, 0) is 38.3 Å². The minimum Gasteiger partial charge on any atom is -0.337 e. The van der Waals surface area contributed by atoms with Crippen molar-refractivity contribution in [1.82, 2.24) is 20.0 Å². The van der Waals surface area contributed by atoms with Crippen molar-refractivity contribution in [2.45, 2.75) is 32.2 Å². The van der Waals surface area contributed by atoms with Crippen molar-refractivity contribution in [3.63, 3.8) is 0 Å². The Hall–Kier alpha value is -2.24. The van der Waals surface area contributed by atoms with E-state index in [4.69, 9.17) is 4.52 Å². The first-order valence-corrected chi connectivity index (χ1v) is 6.77. The molecule has 2 aromatic rings. The predicted molar refractivity (Wildman–Crippen MR) is 70.9 cm³/mol. The number of pyridine rings is 1. The third-order valence-corrected chi connectivity index (χ3v) is 3.52. The van der Waals surface area contributed by atoms with E-state index in [1.165, 1.54) is 0 Å². The van der Waals surface area contributed by atoms with E-state index in [1.54, 1.807) is 31.5 Å². The summed E-state index contributed by atoms with van der Waals surface area (Å²) < 4.78 is 5.25. The van der Waals surface area contributed by atoms with Gasteiger partial charge in [0.05, 0.1) is 0 Å². The first-order chi connectivity index (χ1) is 9.75. The van der Waals surface area contributed by atoms with Crippen LogP contribution in [-0.2, 0) is 0 Å². The van der Waals surface area contributed by atoms with Gasteiger partial charge >= 0.3 is 0 Å². The van der Waals surface area contributed by atoms with Crippen molar-refractivity contribution in [3.8, 4) is 0 Å². The number of nitrogens with zero attached hydrogens (tertiary/aromatic N) is 4. The average Bonchev–Trinajstić information content (AvgIpc) is 2.94. The van der Waals surface area contributed by atoms with Crippen LogP contribution in [0.25, 0.3) is 0 Å². The summed E-state index contributed by atoms with van der Waals surface area (Å²) in [7, 11) is 0. The molecule has 1 fully saturated rings. The van der Waals surface area contributed by atoms with Gasteiger partial charge in [0.15, 0.2) is 5.82 Å². The number of hydrogen-bond acceptors (Lipinski definition) is 5. The molecule has 0 saturated carbocycles. The largest absolute Gasteiger partial charge is 0.337 e. The zero-order chi connectivity index (χ0) is 13.9. The average molecular weight is 272 g/mol. The van der Waals surface area contributed by atoms with Gasteiger partial charge in [0.1, 0.15) is 6.04 Å². The van der Waals surface area contributed by atoms with Gasteiger partial charge in [-0.3, -0.25) is 9.78 Å². The minimum absolute atomic E-state index is 0.00652. The minimum atomic E-state index is -0.120. The molecule has 0 spiro atoms. The molecular formula is C14H16N4O2. The molecular weight excluding hydrogens is 256 g/mol. The summed E-state index contributed by atoms with van der Waals surface area (Å²) in [5, 5.41) is 3.82. The van der Waals surface area contributed by atoms with Crippen LogP contribution in [0.2, 0.25) is 0 Å². The molecule has 2 aromatic heterocycles. The SMILES string of the molecule is Cc1noc([C@@H]2CCCCN2C(=O)c2ccncc2)n1. The van der Waals surface area contributed by atoms with E-state index in [1.807, 2.05) is 4.90 Å². The van der Waals surface area contributed by atoms with E-state index < -0.39 is 0 Å². The molecule has 6 heteroatoms. The van der Waals surface area contributed by atoms with E-state index in [0.29, 0.717) is 23.8 Å². The van der Waals surface area contributed by atoms with Crippen LogP contribution in [0.1, 0.15) is 47.4 Å². The maximum atomic E-state index is 12.6. The summed E-state index contributed by atoms with van der Waals surface area (Å²) >= 11 is 0. The third-order valence-electron chi connectivity index (χ3n) is 3.52. The van der Waals surface area contributed by atoms with Gasteiger partial charge < -0.3 is 9.42 Å². The zero-order valence-corrected chi connectivity index (χ0v) is 11.3. The Morgan fingerprint density at radius 1 is 1.35 bits per heavy atom. The van der Waals surface area contributed by atoms with Crippen LogP contribution >= 0.6 is 0 Å². The molecule has 0 N–H and O–H groups in total. The van der Waals surface area contributed by atoms with Gasteiger partial charge in [0.25, 0.3) is 5.91 Å². The highest BCUT2D eigenvalue weighted by atomic mass is 16.5. The van der Waals surface area contributed by atoms with Crippen molar-refractivity contribution in [2.24, 2.45) is 0 Å². The van der Waals surface area contributed by atoms with Crippen LogP contribution in [0.4, 0.5) is 0 Å². The van der Waals surface area contributed by atoms with Gasteiger partial charge in [-0.15, -0.1) is 0 Å². The molecule has 1 saturated heterocycles. The normalized spacial score (nSPS) is 19.1. The number of hydrogen-bond donors (Lipinski definition) is 0. The summed E-state index contributed by atoms with van der Waals surface area (Å²) in [5.74, 6) is 1.12. The van der Waals surface area contributed by atoms with Crippen LogP contribution in [0, 0.1) is 6.92 Å². The fraction of sp³-hybridized carbons (Fsp3) is 0.429. The maximum absolute atomic E-state index is 12.6. The van der Waals surface area contributed by atoms with E-state index in [2.05, 4.69) is 15.1 Å². The maximum Gasteiger partial charge on any atom is 0.254 e. The van der Waals surface area contributed by atoms with Gasteiger partial charge in [0.2, 0.25) is 5.89 Å². The van der Waals surface area contributed by atoms with E-state index in [-0.39, 0.29) is 11.9 Å². The van der Waals surface area contributed by atoms with Gasteiger partial charge in [-0.1, -0.05) is 5.16 Å². The predicted octanol–water partition coefficient (Wildman–Crippen LogP) is 2.14. The molecule has 0 bridgehead atoms. The Labute approximate surface area is 116 Å². The molecule has 0 aliphatic carbocycles. The van der Waals surface area contributed by atoms with Crippen LogP contribution < -0.4 is 0 Å². The molecule has 1 atom stereocenters. The second-order valence-electron chi connectivity index (χ2n) is 4.93. The number of rotatable bonds is 2. The lowest BCUT2D eigenvalue weighted by atomic mass is 10.0.